The summed E-state index contributed by atoms with van der Waals surface area (Å²) < 4.78 is 1.82. The Bertz CT molecular complexity index is 592. The van der Waals surface area contributed by atoms with E-state index in [4.69, 9.17) is 0 Å². The number of aryl methyl sites for hydroxylation is 1. The first-order valence-corrected chi connectivity index (χ1v) is 6.07. The van der Waals surface area contributed by atoms with E-state index < -0.39 is 0 Å². The first-order chi connectivity index (χ1) is 8.16. The quantitative estimate of drug-likeness (QED) is 0.777. The molecule has 88 valence electrons. The third-order valence-corrected chi connectivity index (χ3v) is 3.51. The monoisotopic (exact) mass is 247 g/mol. The number of carbonyl (C=O) groups is 1. The lowest BCUT2D eigenvalue weighted by Gasteiger charge is -2.16. The van der Waals surface area contributed by atoms with E-state index in [9.17, 15) is 4.79 Å². The molecule has 17 heavy (non-hydrogen) atoms. The van der Waals surface area contributed by atoms with E-state index >= 15 is 0 Å². The van der Waals surface area contributed by atoms with Crippen molar-refractivity contribution in [3.05, 3.63) is 24.4 Å². The van der Waals surface area contributed by atoms with Crippen molar-refractivity contribution in [3.8, 4) is 0 Å². The van der Waals surface area contributed by atoms with Crippen molar-refractivity contribution in [3.63, 3.8) is 0 Å². The maximum absolute atomic E-state index is 11.9. The summed E-state index contributed by atoms with van der Waals surface area (Å²) in [6.07, 6.45) is 2.32. The van der Waals surface area contributed by atoms with Crippen molar-refractivity contribution in [2.45, 2.75) is 11.7 Å². The van der Waals surface area contributed by atoms with Gasteiger partial charge in [0.05, 0.1) is 17.4 Å². The predicted molar refractivity (Wildman–Crippen MR) is 70.5 cm³/mol. The molecule has 1 aliphatic rings. The molecule has 0 N–H and O–H groups in total. The number of nitrogens with zero attached hydrogens (tertiary/aromatic N) is 3. The Morgan fingerprint density at radius 3 is 3.00 bits per heavy atom. The molecule has 0 spiro atoms. The smallest absolute Gasteiger partial charge is 0.228 e. The number of carbonyl (C=O) groups excluding carboxylic acids is 1. The average Bonchev–Trinajstić information content (AvgIpc) is 2.83. The lowest BCUT2D eigenvalue weighted by molar-refractivity contribution is -0.117. The number of fused-ring (bicyclic) bond motifs is 1. The second-order valence-corrected chi connectivity index (χ2v) is 5.07. The predicted octanol–water partition coefficient (Wildman–Crippen LogP) is 1.61. The second-order valence-electron chi connectivity index (χ2n) is 4.34. The second kappa shape index (κ2) is 3.77. The molecule has 3 rings (SSSR count). The van der Waals surface area contributed by atoms with Gasteiger partial charge in [0, 0.05) is 30.6 Å². The Morgan fingerprint density at radius 1 is 1.47 bits per heavy atom. The fourth-order valence-electron chi connectivity index (χ4n) is 2.32. The largest absolute Gasteiger partial charge is 0.311 e. The number of hydrogen-bond acceptors (Lipinski definition) is 3. The van der Waals surface area contributed by atoms with Crippen LogP contribution in [0.15, 0.2) is 24.4 Å². The van der Waals surface area contributed by atoms with Crippen LogP contribution in [-0.4, -0.2) is 27.5 Å². The lowest BCUT2D eigenvalue weighted by atomic mass is 10.2. The Kier molecular flexibility index (Phi) is 2.36. The van der Waals surface area contributed by atoms with E-state index in [2.05, 4.69) is 17.7 Å². The standard InChI is InChI=1S/C12H13N3OS/c1-14-10-3-2-4-11(9(10)6-13-14)15-7-8(17)5-12(15)16/h2-4,6,8,17H,5,7H2,1H3. The van der Waals surface area contributed by atoms with Gasteiger partial charge >= 0.3 is 0 Å². The van der Waals surface area contributed by atoms with Crippen LogP contribution in [0, 0.1) is 0 Å². The molecule has 1 unspecified atom stereocenters. The van der Waals surface area contributed by atoms with E-state index in [0.717, 1.165) is 16.6 Å². The van der Waals surface area contributed by atoms with Crippen molar-refractivity contribution < 1.29 is 4.79 Å². The van der Waals surface area contributed by atoms with Crippen LogP contribution < -0.4 is 4.90 Å². The molecule has 2 heterocycles. The van der Waals surface area contributed by atoms with Gasteiger partial charge < -0.3 is 4.90 Å². The molecule has 0 radical (unpaired) electrons. The molecular formula is C12H13N3OS. The summed E-state index contributed by atoms with van der Waals surface area (Å²) >= 11 is 4.38. The SMILES string of the molecule is Cn1ncc2c(N3CC(S)CC3=O)cccc21. The van der Waals surface area contributed by atoms with Gasteiger partial charge in [-0.15, -0.1) is 0 Å². The van der Waals surface area contributed by atoms with Gasteiger partial charge in [-0.25, -0.2) is 0 Å². The zero-order valence-electron chi connectivity index (χ0n) is 9.50. The molecule has 0 saturated carbocycles. The first-order valence-electron chi connectivity index (χ1n) is 5.56. The van der Waals surface area contributed by atoms with Crippen LogP contribution in [0.2, 0.25) is 0 Å². The third kappa shape index (κ3) is 1.61. The van der Waals surface area contributed by atoms with Crippen molar-refractivity contribution in [1.29, 1.82) is 0 Å². The molecule has 0 bridgehead atoms. The minimum atomic E-state index is 0.134. The highest BCUT2D eigenvalue weighted by Crippen LogP contribution is 2.30. The van der Waals surface area contributed by atoms with Crippen LogP contribution in [0.3, 0.4) is 0 Å². The average molecular weight is 247 g/mol. The summed E-state index contributed by atoms with van der Waals surface area (Å²) in [5.41, 5.74) is 1.98. The zero-order chi connectivity index (χ0) is 12.0. The van der Waals surface area contributed by atoms with Gasteiger partial charge in [-0.1, -0.05) is 6.07 Å². The summed E-state index contributed by atoms with van der Waals surface area (Å²) in [4.78, 5) is 13.7. The van der Waals surface area contributed by atoms with Crippen LogP contribution in [0.4, 0.5) is 5.69 Å². The van der Waals surface area contributed by atoms with Gasteiger partial charge in [0.15, 0.2) is 0 Å². The van der Waals surface area contributed by atoms with E-state index in [0.29, 0.717) is 13.0 Å². The molecule has 5 heteroatoms. The van der Waals surface area contributed by atoms with Gasteiger partial charge in [-0.3, -0.25) is 9.48 Å². The molecule has 0 aliphatic carbocycles. The fourth-order valence-corrected chi connectivity index (χ4v) is 2.64. The lowest BCUT2D eigenvalue weighted by Crippen LogP contribution is -2.24. The summed E-state index contributed by atoms with van der Waals surface area (Å²) in [6, 6.07) is 5.93. The number of anilines is 1. The highest BCUT2D eigenvalue weighted by molar-refractivity contribution is 7.81. The van der Waals surface area contributed by atoms with Crippen molar-refractivity contribution in [1.82, 2.24) is 9.78 Å². The van der Waals surface area contributed by atoms with Gasteiger partial charge in [0.25, 0.3) is 0 Å². The molecule has 1 saturated heterocycles. The molecular weight excluding hydrogens is 234 g/mol. The molecule has 1 aromatic heterocycles. The van der Waals surface area contributed by atoms with Crippen molar-refractivity contribution >= 4 is 35.1 Å². The van der Waals surface area contributed by atoms with E-state index in [1.165, 1.54) is 0 Å². The molecule has 4 nitrogen and oxygen atoms in total. The summed E-state index contributed by atoms with van der Waals surface area (Å²) in [6.45, 7) is 0.677. The number of thiol groups is 1. The third-order valence-electron chi connectivity index (χ3n) is 3.16. The van der Waals surface area contributed by atoms with E-state index in [-0.39, 0.29) is 11.2 Å². The Morgan fingerprint density at radius 2 is 2.29 bits per heavy atom. The van der Waals surface area contributed by atoms with Crippen LogP contribution in [0.1, 0.15) is 6.42 Å². The Balaban J connectivity index is 2.14. The number of aromatic nitrogens is 2. The number of amides is 1. The van der Waals surface area contributed by atoms with Crippen LogP contribution in [0.25, 0.3) is 10.9 Å². The Labute approximate surface area is 105 Å². The summed E-state index contributed by atoms with van der Waals surface area (Å²) in [5.74, 6) is 0.140. The first kappa shape index (κ1) is 10.7. The highest BCUT2D eigenvalue weighted by atomic mass is 32.1. The maximum Gasteiger partial charge on any atom is 0.228 e. The van der Waals surface area contributed by atoms with Crippen LogP contribution >= 0.6 is 12.6 Å². The number of rotatable bonds is 1. The zero-order valence-corrected chi connectivity index (χ0v) is 10.4. The van der Waals surface area contributed by atoms with E-state index in [1.54, 1.807) is 0 Å². The van der Waals surface area contributed by atoms with Gasteiger partial charge in [-0.05, 0) is 12.1 Å². The molecule has 1 aliphatic heterocycles. The maximum atomic E-state index is 11.9. The van der Waals surface area contributed by atoms with E-state index in [1.807, 2.05) is 41.0 Å². The number of hydrogen-bond donors (Lipinski definition) is 1. The fraction of sp³-hybridized carbons (Fsp3) is 0.333. The molecule has 1 amide bonds. The normalized spacial score (nSPS) is 20.5. The summed E-state index contributed by atoms with van der Waals surface area (Å²) in [7, 11) is 1.90. The molecule has 1 fully saturated rings. The molecule has 1 atom stereocenters. The van der Waals surface area contributed by atoms with Gasteiger partial charge in [-0.2, -0.15) is 17.7 Å². The topological polar surface area (TPSA) is 38.1 Å². The minimum absolute atomic E-state index is 0.134. The van der Waals surface area contributed by atoms with Crippen LogP contribution in [-0.2, 0) is 11.8 Å². The van der Waals surface area contributed by atoms with Crippen LogP contribution in [0.5, 0.6) is 0 Å². The Hall–Kier alpha value is -1.49. The minimum Gasteiger partial charge on any atom is -0.311 e. The highest BCUT2D eigenvalue weighted by Gasteiger charge is 2.29. The van der Waals surface area contributed by atoms with Crippen molar-refractivity contribution in [2.75, 3.05) is 11.4 Å². The van der Waals surface area contributed by atoms with Gasteiger partial charge in [0.1, 0.15) is 0 Å². The molecule has 1 aromatic carbocycles. The summed E-state index contributed by atoms with van der Waals surface area (Å²) in [5, 5.41) is 5.38. The van der Waals surface area contributed by atoms with Crippen molar-refractivity contribution in [2.24, 2.45) is 7.05 Å². The van der Waals surface area contributed by atoms with Gasteiger partial charge in [0.2, 0.25) is 5.91 Å². The molecule has 2 aromatic rings. The number of benzene rings is 1.